The SMILES string of the molecule is CC(CN1CCCCC1)NCC1CC2CC2C1. The molecule has 1 aliphatic heterocycles. The zero-order chi connectivity index (χ0) is 11.7. The maximum absolute atomic E-state index is 3.77. The predicted molar refractivity (Wildman–Crippen MR) is 72.1 cm³/mol. The molecule has 1 heterocycles. The molecule has 3 aliphatic rings. The maximum atomic E-state index is 3.77. The number of rotatable bonds is 5. The summed E-state index contributed by atoms with van der Waals surface area (Å²) < 4.78 is 0. The van der Waals surface area contributed by atoms with E-state index < -0.39 is 0 Å². The Bertz CT molecular complexity index is 237. The molecule has 3 fully saturated rings. The van der Waals surface area contributed by atoms with Crippen molar-refractivity contribution in [2.45, 2.75) is 51.5 Å². The lowest BCUT2D eigenvalue weighted by Gasteiger charge is -2.30. The summed E-state index contributed by atoms with van der Waals surface area (Å²) in [5.74, 6) is 3.28. The van der Waals surface area contributed by atoms with Gasteiger partial charge in [0.1, 0.15) is 0 Å². The van der Waals surface area contributed by atoms with Gasteiger partial charge in [0, 0.05) is 12.6 Å². The summed E-state index contributed by atoms with van der Waals surface area (Å²) in [6.45, 7) is 7.57. The van der Waals surface area contributed by atoms with E-state index in [-0.39, 0.29) is 0 Å². The molecule has 0 radical (unpaired) electrons. The zero-order valence-electron chi connectivity index (χ0n) is 11.3. The van der Waals surface area contributed by atoms with Gasteiger partial charge in [0.25, 0.3) is 0 Å². The highest BCUT2D eigenvalue weighted by Gasteiger charge is 2.45. The van der Waals surface area contributed by atoms with Crippen molar-refractivity contribution in [2.75, 3.05) is 26.2 Å². The van der Waals surface area contributed by atoms with Gasteiger partial charge in [-0.3, -0.25) is 0 Å². The molecule has 1 saturated heterocycles. The molecule has 3 atom stereocenters. The fourth-order valence-electron chi connectivity index (χ4n) is 3.97. The minimum atomic E-state index is 0.685. The summed E-state index contributed by atoms with van der Waals surface area (Å²) in [4.78, 5) is 2.65. The molecule has 3 rings (SSSR count). The maximum Gasteiger partial charge on any atom is 0.0166 e. The first kappa shape index (κ1) is 12.0. The van der Waals surface area contributed by atoms with E-state index >= 15 is 0 Å². The molecule has 0 amide bonds. The lowest BCUT2D eigenvalue weighted by Crippen LogP contribution is -2.42. The molecule has 0 spiro atoms. The number of likely N-dealkylation sites (tertiary alicyclic amines) is 1. The minimum absolute atomic E-state index is 0.685. The molecule has 0 aromatic carbocycles. The third kappa shape index (κ3) is 3.23. The second-order valence-electron chi connectivity index (χ2n) is 6.76. The van der Waals surface area contributed by atoms with Gasteiger partial charge >= 0.3 is 0 Å². The van der Waals surface area contributed by atoms with Crippen LogP contribution in [0.4, 0.5) is 0 Å². The van der Waals surface area contributed by atoms with Crippen LogP contribution in [0.1, 0.15) is 45.4 Å². The van der Waals surface area contributed by atoms with Crippen LogP contribution in [0.15, 0.2) is 0 Å². The highest BCUT2D eigenvalue weighted by Crippen LogP contribution is 2.54. The Hall–Kier alpha value is -0.0800. The average Bonchev–Trinajstić information content (AvgIpc) is 2.96. The van der Waals surface area contributed by atoms with Crippen LogP contribution in [0.2, 0.25) is 0 Å². The van der Waals surface area contributed by atoms with Crippen molar-refractivity contribution >= 4 is 0 Å². The lowest BCUT2D eigenvalue weighted by molar-refractivity contribution is 0.206. The molecule has 2 nitrogen and oxygen atoms in total. The Kier molecular flexibility index (Phi) is 3.72. The van der Waals surface area contributed by atoms with E-state index in [2.05, 4.69) is 17.1 Å². The normalized spacial score (nSPS) is 39.0. The number of piperidine rings is 1. The summed E-state index contributed by atoms with van der Waals surface area (Å²) in [6, 6.07) is 0.685. The Labute approximate surface area is 106 Å². The van der Waals surface area contributed by atoms with Gasteiger partial charge < -0.3 is 10.2 Å². The number of fused-ring (bicyclic) bond motifs is 1. The van der Waals surface area contributed by atoms with Gasteiger partial charge in [0.05, 0.1) is 0 Å². The van der Waals surface area contributed by atoms with Gasteiger partial charge in [-0.2, -0.15) is 0 Å². The van der Waals surface area contributed by atoms with E-state index in [1.807, 2.05) is 0 Å². The topological polar surface area (TPSA) is 15.3 Å². The van der Waals surface area contributed by atoms with E-state index in [1.54, 1.807) is 6.42 Å². The fourth-order valence-corrected chi connectivity index (χ4v) is 3.97. The van der Waals surface area contributed by atoms with E-state index in [0.29, 0.717) is 6.04 Å². The first-order chi connectivity index (χ1) is 8.31. The number of hydrogen-bond donors (Lipinski definition) is 1. The van der Waals surface area contributed by atoms with Crippen LogP contribution in [-0.2, 0) is 0 Å². The average molecular weight is 236 g/mol. The largest absolute Gasteiger partial charge is 0.313 e. The van der Waals surface area contributed by atoms with Crippen LogP contribution in [0.3, 0.4) is 0 Å². The predicted octanol–water partition coefficient (Wildman–Crippen LogP) is 2.50. The summed E-state index contributed by atoms with van der Waals surface area (Å²) in [5.41, 5.74) is 0. The van der Waals surface area contributed by atoms with Gasteiger partial charge in [-0.05, 0) is 76.4 Å². The third-order valence-electron chi connectivity index (χ3n) is 5.08. The Morgan fingerprint density at radius 3 is 2.47 bits per heavy atom. The van der Waals surface area contributed by atoms with Crippen LogP contribution >= 0.6 is 0 Å². The van der Waals surface area contributed by atoms with Gasteiger partial charge in [0.15, 0.2) is 0 Å². The molecular weight excluding hydrogens is 208 g/mol. The molecule has 2 aliphatic carbocycles. The first-order valence-electron chi connectivity index (χ1n) is 7.77. The highest BCUT2D eigenvalue weighted by atomic mass is 15.1. The van der Waals surface area contributed by atoms with Crippen molar-refractivity contribution in [3.63, 3.8) is 0 Å². The second-order valence-corrected chi connectivity index (χ2v) is 6.76. The molecule has 2 heteroatoms. The number of nitrogens with one attached hydrogen (secondary N) is 1. The van der Waals surface area contributed by atoms with Crippen LogP contribution < -0.4 is 5.32 Å². The first-order valence-corrected chi connectivity index (χ1v) is 7.77. The van der Waals surface area contributed by atoms with Crippen molar-refractivity contribution in [1.82, 2.24) is 10.2 Å². The third-order valence-corrected chi connectivity index (χ3v) is 5.08. The van der Waals surface area contributed by atoms with Crippen molar-refractivity contribution in [2.24, 2.45) is 17.8 Å². The Morgan fingerprint density at radius 2 is 1.76 bits per heavy atom. The fraction of sp³-hybridized carbons (Fsp3) is 1.00. The summed E-state index contributed by atoms with van der Waals surface area (Å²) in [7, 11) is 0. The number of nitrogens with zero attached hydrogens (tertiary/aromatic N) is 1. The molecule has 2 saturated carbocycles. The second kappa shape index (κ2) is 5.27. The van der Waals surface area contributed by atoms with Crippen molar-refractivity contribution in [3.05, 3.63) is 0 Å². The van der Waals surface area contributed by atoms with E-state index in [1.165, 1.54) is 58.3 Å². The van der Waals surface area contributed by atoms with Crippen LogP contribution in [0.5, 0.6) is 0 Å². The monoisotopic (exact) mass is 236 g/mol. The molecule has 3 unspecified atom stereocenters. The van der Waals surface area contributed by atoms with E-state index in [0.717, 1.165) is 17.8 Å². The van der Waals surface area contributed by atoms with Gasteiger partial charge in [-0.25, -0.2) is 0 Å². The summed E-state index contributed by atoms with van der Waals surface area (Å²) >= 11 is 0. The van der Waals surface area contributed by atoms with Crippen molar-refractivity contribution < 1.29 is 0 Å². The van der Waals surface area contributed by atoms with Crippen LogP contribution in [-0.4, -0.2) is 37.1 Å². The Balaban J connectivity index is 1.31. The van der Waals surface area contributed by atoms with Gasteiger partial charge in [-0.15, -0.1) is 0 Å². The van der Waals surface area contributed by atoms with Crippen molar-refractivity contribution in [3.8, 4) is 0 Å². The molecule has 0 bridgehead atoms. The molecule has 0 aromatic heterocycles. The molecular formula is C15H28N2. The summed E-state index contributed by atoms with van der Waals surface area (Å²) in [6.07, 6.45) is 8.88. The lowest BCUT2D eigenvalue weighted by atomic mass is 10.0. The van der Waals surface area contributed by atoms with Crippen molar-refractivity contribution in [1.29, 1.82) is 0 Å². The van der Waals surface area contributed by atoms with Crippen LogP contribution in [0.25, 0.3) is 0 Å². The number of hydrogen-bond acceptors (Lipinski definition) is 2. The van der Waals surface area contributed by atoms with Gasteiger partial charge in [-0.1, -0.05) is 6.42 Å². The molecule has 1 N–H and O–H groups in total. The molecule has 0 aromatic rings. The Morgan fingerprint density at radius 1 is 1.06 bits per heavy atom. The van der Waals surface area contributed by atoms with Gasteiger partial charge in [0.2, 0.25) is 0 Å². The zero-order valence-corrected chi connectivity index (χ0v) is 11.3. The molecule has 98 valence electrons. The van der Waals surface area contributed by atoms with E-state index in [4.69, 9.17) is 0 Å². The van der Waals surface area contributed by atoms with Crippen LogP contribution in [0, 0.1) is 17.8 Å². The quantitative estimate of drug-likeness (QED) is 0.789. The minimum Gasteiger partial charge on any atom is -0.313 e. The highest BCUT2D eigenvalue weighted by molar-refractivity contribution is 4.96. The summed E-state index contributed by atoms with van der Waals surface area (Å²) in [5, 5.41) is 3.77. The standard InChI is InChI=1S/C15H28N2/c1-12(11-17-5-3-2-4-6-17)16-10-13-7-14-9-15(14)8-13/h12-16H,2-11H2,1H3. The molecule has 17 heavy (non-hydrogen) atoms. The van der Waals surface area contributed by atoms with E-state index in [9.17, 15) is 0 Å². The smallest absolute Gasteiger partial charge is 0.0166 e.